The molecule has 2 fully saturated rings. The van der Waals surface area contributed by atoms with Crippen molar-refractivity contribution in [3.8, 4) is 22.9 Å². The fraction of sp³-hybridized carbons (Fsp3) is 0.433. The lowest BCUT2D eigenvalue weighted by atomic mass is 9.99. The maximum Gasteiger partial charge on any atom is 0.407 e. The summed E-state index contributed by atoms with van der Waals surface area (Å²) in [5.41, 5.74) is -0.691. The number of epoxide rings is 1. The molecule has 220 valence electrons. The quantitative estimate of drug-likeness (QED) is 0.343. The molecule has 11 nitrogen and oxygen atoms in total. The molecule has 0 saturated carbocycles. The summed E-state index contributed by atoms with van der Waals surface area (Å²) in [6.07, 6.45) is 1.57. The van der Waals surface area contributed by atoms with Gasteiger partial charge in [0.2, 0.25) is 5.43 Å². The normalized spacial score (nSPS) is 23.6. The van der Waals surface area contributed by atoms with Crippen LogP contribution in [0.5, 0.6) is 17.2 Å². The molecule has 2 N–H and O–H groups in total. The van der Waals surface area contributed by atoms with Gasteiger partial charge in [0.05, 0.1) is 18.0 Å². The van der Waals surface area contributed by atoms with Crippen LogP contribution in [0.1, 0.15) is 50.0 Å². The van der Waals surface area contributed by atoms with E-state index >= 15 is 4.39 Å². The molecule has 2 saturated heterocycles. The van der Waals surface area contributed by atoms with Crippen molar-refractivity contribution in [2.75, 3.05) is 24.6 Å². The number of alkyl carbamates (subject to hydrolysis) is 1. The van der Waals surface area contributed by atoms with Crippen LogP contribution in [0, 0.1) is 5.82 Å². The molecule has 5 heterocycles. The van der Waals surface area contributed by atoms with Crippen molar-refractivity contribution in [2.24, 2.45) is 0 Å². The van der Waals surface area contributed by atoms with Gasteiger partial charge in [0.1, 0.15) is 39.8 Å². The molecule has 0 bridgehead atoms. The third kappa shape index (κ3) is 4.15. The van der Waals surface area contributed by atoms with Gasteiger partial charge in [0.25, 0.3) is 0 Å². The number of pyridine rings is 1. The van der Waals surface area contributed by atoms with E-state index in [1.807, 2.05) is 13.0 Å². The molecule has 4 aliphatic heterocycles. The maximum atomic E-state index is 15.9. The van der Waals surface area contributed by atoms with Gasteiger partial charge in [-0.05, 0) is 46.2 Å². The summed E-state index contributed by atoms with van der Waals surface area (Å²) in [7, 11) is 0. The molecule has 0 spiro atoms. The van der Waals surface area contributed by atoms with Gasteiger partial charge in [-0.2, -0.15) is 0 Å². The molecule has 42 heavy (non-hydrogen) atoms. The minimum absolute atomic E-state index is 0.0939. The number of anilines is 1. The van der Waals surface area contributed by atoms with E-state index in [0.29, 0.717) is 43.2 Å². The molecule has 12 heteroatoms. The lowest BCUT2D eigenvalue weighted by molar-refractivity contribution is 0.0508. The van der Waals surface area contributed by atoms with Crippen molar-refractivity contribution in [1.29, 1.82) is 0 Å². The van der Waals surface area contributed by atoms with Gasteiger partial charge in [-0.3, -0.25) is 4.79 Å². The van der Waals surface area contributed by atoms with Gasteiger partial charge in [-0.25, -0.2) is 14.0 Å². The summed E-state index contributed by atoms with van der Waals surface area (Å²) in [6.45, 7) is 8.53. The van der Waals surface area contributed by atoms with Crippen LogP contribution in [0.2, 0.25) is 0 Å². The van der Waals surface area contributed by atoms with E-state index in [4.69, 9.17) is 18.9 Å². The molecule has 0 aliphatic carbocycles. The number of ether oxygens (including phenoxy) is 4. The molecule has 7 rings (SSSR count). The van der Waals surface area contributed by atoms with E-state index in [1.165, 1.54) is 6.20 Å². The Labute approximate surface area is 239 Å². The summed E-state index contributed by atoms with van der Waals surface area (Å²) in [5.74, 6) is -1.22. The number of benzene rings is 2. The number of amides is 1. The predicted molar refractivity (Wildman–Crippen MR) is 149 cm³/mol. The lowest BCUT2D eigenvalue weighted by Crippen LogP contribution is -2.40. The summed E-state index contributed by atoms with van der Waals surface area (Å²) < 4.78 is 41.2. The third-order valence-corrected chi connectivity index (χ3v) is 8.20. The first kappa shape index (κ1) is 26.6. The standard InChI is InChI=1S/C30H30FN3O8/c1-29(2,3)42-28(38)32-15-7-8-33(11-15)22-18(31)10-16-21-26(22)40-19-6-5-14-9-20(30(4)13-39-30)41-25(14)23(19)34(21)12-17(24(16)35)27(36)37/h5-6,10,12,15,20H,7-9,11,13H2,1-4H3,(H,32,38)(H,36,37)/t15-,20+,30+/m0/s1. The number of carbonyl (C=O) groups is 2. The average molecular weight is 580 g/mol. The summed E-state index contributed by atoms with van der Waals surface area (Å²) in [4.78, 5) is 39.5. The molecule has 2 aromatic carbocycles. The molecule has 0 unspecified atom stereocenters. The molecular weight excluding hydrogens is 549 g/mol. The average Bonchev–Trinajstić information content (AvgIpc) is 3.28. The third-order valence-electron chi connectivity index (χ3n) is 8.20. The predicted octanol–water partition coefficient (Wildman–Crippen LogP) is 4.13. The topological polar surface area (TPSA) is 132 Å². The SMILES string of the molecule is CC(C)(C)OC(=O)N[C@H]1CCN(c2c(F)cc3c(=O)c(C(=O)O)cn4c3c2Oc2ccc3c(c2-4)O[C@@H]([C@@]2(C)CO2)C3)C1. The number of nitrogens with one attached hydrogen (secondary N) is 1. The summed E-state index contributed by atoms with van der Waals surface area (Å²) in [5, 5.41) is 12.6. The van der Waals surface area contributed by atoms with Crippen LogP contribution >= 0.6 is 0 Å². The Morgan fingerprint density at radius 3 is 2.67 bits per heavy atom. The second kappa shape index (κ2) is 8.84. The molecule has 1 aromatic heterocycles. The summed E-state index contributed by atoms with van der Waals surface area (Å²) in [6, 6.07) is 4.37. The van der Waals surface area contributed by atoms with E-state index in [-0.39, 0.29) is 41.0 Å². The van der Waals surface area contributed by atoms with Crippen LogP contribution in [-0.4, -0.2) is 64.8 Å². The molecule has 0 radical (unpaired) electrons. The number of carbonyl (C=O) groups excluding carboxylic acids is 1. The van der Waals surface area contributed by atoms with E-state index in [0.717, 1.165) is 11.6 Å². The van der Waals surface area contributed by atoms with Gasteiger partial charge in [-0.15, -0.1) is 0 Å². The van der Waals surface area contributed by atoms with Crippen molar-refractivity contribution >= 4 is 28.7 Å². The van der Waals surface area contributed by atoms with E-state index in [9.17, 15) is 19.5 Å². The van der Waals surface area contributed by atoms with E-state index in [1.54, 1.807) is 36.3 Å². The zero-order valence-corrected chi connectivity index (χ0v) is 23.6. The Morgan fingerprint density at radius 2 is 1.98 bits per heavy atom. The second-order valence-corrected chi connectivity index (χ2v) is 12.5. The van der Waals surface area contributed by atoms with Crippen LogP contribution < -0.4 is 25.1 Å². The molecule has 4 aliphatic rings. The highest BCUT2D eigenvalue weighted by atomic mass is 19.1. The number of halogens is 1. The smallest absolute Gasteiger partial charge is 0.407 e. The van der Waals surface area contributed by atoms with Crippen LogP contribution in [0.15, 0.2) is 29.2 Å². The zero-order valence-electron chi connectivity index (χ0n) is 23.6. The fourth-order valence-corrected chi connectivity index (χ4v) is 6.02. The maximum absolute atomic E-state index is 15.9. The van der Waals surface area contributed by atoms with E-state index < -0.39 is 40.1 Å². The monoisotopic (exact) mass is 579 g/mol. The second-order valence-electron chi connectivity index (χ2n) is 12.5. The summed E-state index contributed by atoms with van der Waals surface area (Å²) >= 11 is 0. The van der Waals surface area contributed by atoms with Crippen molar-refractivity contribution in [1.82, 2.24) is 9.88 Å². The zero-order chi connectivity index (χ0) is 29.7. The first-order chi connectivity index (χ1) is 19.8. The Kier molecular flexibility index (Phi) is 5.59. The lowest BCUT2D eigenvalue weighted by Gasteiger charge is -2.30. The Hall–Kier alpha value is -4.32. The van der Waals surface area contributed by atoms with Crippen LogP contribution in [-0.2, 0) is 15.9 Å². The molecule has 3 aromatic rings. The number of hydrogen-bond donors (Lipinski definition) is 2. The number of hydrogen-bond acceptors (Lipinski definition) is 8. The number of carboxylic acids is 1. The Morgan fingerprint density at radius 1 is 1.21 bits per heavy atom. The van der Waals surface area contributed by atoms with Crippen molar-refractivity contribution in [3.63, 3.8) is 0 Å². The largest absolute Gasteiger partial charge is 0.484 e. The molecular formula is C30H30FN3O8. The Bertz CT molecular complexity index is 1760. The number of carboxylic acid groups (broad SMARTS) is 1. The van der Waals surface area contributed by atoms with Crippen LogP contribution in [0.3, 0.4) is 0 Å². The first-order valence-corrected chi connectivity index (χ1v) is 13.9. The number of nitrogens with zero attached hydrogens (tertiary/aromatic N) is 2. The van der Waals surface area contributed by atoms with E-state index in [2.05, 4.69) is 5.32 Å². The fourth-order valence-electron chi connectivity index (χ4n) is 6.02. The highest BCUT2D eigenvalue weighted by Crippen LogP contribution is 2.52. The minimum Gasteiger partial charge on any atom is -0.484 e. The number of rotatable bonds is 4. The van der Waals surface area contributed by atoms with Gasteiger partial charge >= 0.3 is 12.1 Å². The van der Waals surface area contributed by atoms with Crippen molar-refractivity contribution < 1.29 is 38.0 Å². The van der Waals surface area contributed by atoms with Crippen LogP contribution in [0.4, 0.5) is 14.9 Å². The highest BCUT2D eigenvalue weighted by molar-refractivity contribution is 5.99. The van der Waals surface area contributed by atoms with Crippen molar-refractivity contribution in [3.05, 3.63) is 51.6 Å². The number of aromatic nitrogens is 1. The number of fused-ring (bicyclic) bond motifs is 4. The molecule has 3 atom stereocenters. The van der Waals surface area contributed by atoms with Crippen molar-refractivity contribution in [2.45, 2.75) is 63.9 Å². The van der Waals surface area contributed by atoms with Crippen LogP contribution in [0.25, 0.3) is 16.6 Å². The Balaban J connectivity index is 1.34. The highest BCUT2D eigenvalue weighted by Gasteiger charge is 2.52. The van der Waals surface area contributed by atoms with Gasteiger partial charge < -0.3 is 38.8 Å². The number of aromatic carboxylic acids is 1. The van der Waals surface area contributed by atoms with Gasteiger partial charge in [0, 0.05) is 31.3 Å². The first-order valence-electron chi connectivity index (χ1n) is 13.9. The van der Waals surface area contributed by atoms with Gasteiger partial charge in [-0.1, -0.05) is 6.07 Å². The van der Waals surface area contributed by atoms with Gasteiger partial charge in [0.15, 0.2) is 23.1 Å². The minimum atomic E-state index is -1.43. The molecule has 1 amide bonds.